The summed E-state index contributed by atoms with van der Waals surface area (Å²) in [5.41, 5.74) is 3.47. The van der Waals surface area contributed by atoms with Gasteiger partial charge in [-0.3, -0.25) is 0 Å². The molecule has 0 amide bonds. The standard InChI is InChI=1S/C10H10BrN/c1-7-3-4-8(2)10(11)9(7)5-6-12/h3-4H,5H2,1-2H3. The topological polar surface area (TPSA) is 23.8 Å². The van der Waals surface area contributed by atoms with Gasteiger partial charge in [0.1, 0.15) is 0 Å². The zero-order chi connectivity index (χ0) is 9.14. The van der Waals surface area contributed by atoms with Crippen molar-refractivity contribution in [1.82, 2.24) is 0 Å². The van der Waals surface area contributed by atoms with Crippen LogP contribution in [-0.2, 0) is 6.42 Å². The van der Waals surface area contributed by atoms with Crippen molar-refractivity contribution < 1.29 is 0 Å². The Morgan fingerprint density at radius 3 is 2.50 bits per heavy atom. The molecule has 0 aliphatic heterocycles. The Morgan fingerprint density at radius 1 is 1.33 bits per heavy atom. The Labute approximate surface area is 81.2 Å². The van der Waals surface area contributed by atoms with Crippen LogP contribution in [0.4, 0.5) is 0 Å². The van der Waals surface area contributed by atoms with Crippen molar-refractivity contribution in [2.24, 2.45) is 0 Å². The van der Waals surface area contributed by atoms with Gasteiger partial charge in [0.15, 0.2) is 0 Å². The normalized spacial score (nSPS) is 9.50. The molecule has 0 heterocycles. The number of nitriles is 1. The number of aryl methyl sites for hydroxylation is 2. The minimum atomic E-state index is 0.480. The first-order valence-electron chi connectivity index (χ1n) is 3.78. The van der Waals surface area contributed by atoms with Crippen molar-refractivity contribution in [2.75, 3.05) is 0 Å². The number of benzene rings is 1. The summed E-state index contributed by atoms with van der Waals surface area (Å²) in [6, 6.07) is 6.27. The Hall–Kier alpha value is -0.810. The summed E-state index contributed by atoms with van der Waals surface area (Å²) in [4.78, 5) is 0. The van der Waals surface area contributed by atoms with Gasteiger partial charge in [0, 0.05) is 4.47 Å². The van der Waals surface area contributed by atoms with Gasteiger partial charge < -0.3 is 0 Å². The van der Waals surface area contributed by atoms with E-state index in [1.807, 2.05) is 19.9 Å². The average molecular weight is 224 g/mol. The lowest BCUT2D eigenvalue weighted by molar-refractivity contribution is 1.17. The number of rotatable bonds is 1. The molecular formula is C10H10BrN. The molecule has 0 atom stereocenters. The summed E-state index contributed by atoms with van der Waals surface area (Å²) < 4.78 is 1.07. The molecule has 1 aromatic carbocycles. The van der Waals surface area contributed by atoms with Crippen molar-refractivity contribution in [2.45, 2.75) is 20.3 Å². The maximum atomic E-state index is 8.59. The molecule has 1 rings (SSSR count). The molecule has 0 saturated heterocycles. The van der Waals surface area contributed by atoms with Crippen molar-refractivity contribution in [3.8, 4) is 6.07 Å². The molecule has 0 bridgehead atoms. The highest BCUT2D eigenvalue weighted by Crippen LogP contribution is 2.24. The SMILES string of the molecule is Cc1ccc(C)c(CC#N)c1Br. The second-order valence-corrected chi connectivity index (χ2v) is 3.62. The van der Waals surface area contributed by atoms with Crippen LogP contribution in [0.5, 0.6) is 0 Å². The molecule has 1 aromatic rings. The van der Waals surface area contributed by atoms with Gasteiger partial charge in [-0.05, 0) is 30.5 Å². The first-order chi connectivity index (χ1) is 5.66. The molecule has 2 heteroatoms. The van der Waals surface area contributed by atoms with Gasteiger partial charge >= 0.3 is 0 Å². The Balaban J connectivity index is 3.25. The van der Waals surface area contributed by atoms with Crippen molar-refractivity contribution in [3.63, 3.8) is 0 Å². The molecule has 0 fully saturated rings. The van der Waals surface area contributed by atoms with Gasteiger partial charge in [-0.1, -0.05) is 28.1 Å². The summed E-state index contributed by atoms with van der Waals surface area (Å²) in [6.45, 7) is 4.06. The van der Waals surface area contributed by atoms with E-state index in [-0.39, 0.29) is 0 Å². The molecule has 0 aliphatic rings. The third kappa shape index (κ3) is 1.67. The largest absolute Gasteiger partial charge is 0.198 e. The maximum absolute atomic E-state index is 8.59. The predicted octanol–water partition coefficient (Wildman–Crippen LogP) is 3.13. The fourth-order valence-electron chi connectivity index (χ4n) is 1.13. The van der Waals surface area contributed by atoms with E-state index < -0.39 is 0 Å². The van der Waals surface area contributed by atoms with Crippen molar-refractivity contribution in [3.05, 3.63) is 33.3 Å². The molecule has 12 heavy (non-hydrogen) atoms. The van der Waals surface area contributed by atoms with Crippen LogP contribution in [0.25, 0.3) is 0 Å². The highest BCUT2D eigenvalue weighted by Gasteiger charge is 2.04. The zero-order valence-corrected chi connectivity index (χ0v) is 8.77. The average Bonchev–Trinajstić information content (AvgIpc) is 2.06. The first-order valence-corrected chi connectivity index (χ1v) is 4.57. The van der Waals surface area contributed by atoms with E-state index in [0.717, 1.165) is 10.0 Å². The van der Waals surface area contributed by atoms with E-state index in [9.17, 15) is 0 Å². The quantitative estimate of drug-likeness (QED) is 0.718. The molecule has 62 valence electrons. The van der Waals surface area contributed by atoms with E-state index in [4.69, 9.17) is 5.26 Å². The van der Waals surface area contributed by atoms with Crippen LogP contribution < -0.4 is 0 Å². The molecule has 1 nitrogen and oxygen atoms in total. The third-order valence-electron chi connectivity index (χ3n) is 1.93. The van der Waals surface area contributed by atoms with E-state index in [0.29, 0.717) is 6.42 Å². The molecule has 0 unspecified atom stereocenters. The monoisotopic (exact) mass is 223 g/mol. The molecule has 0 aromatic heterocycles. The maximum Gasteiger partial charge on any atom is 0.0670 e. The Kier molecular flexibility index (Phi) is 2.88. The summed E-state index contributed by atoms with van der Waals surface area (Å²) >= 11 is 3.48. The molecular weight excluding hydrogens is 214 g/mol. The highest BCUT2D eigenvalue weighted by molar-refractivity contribution is 9.10. The number of hydrogen-bond acceptors (Lipinski definition) is 1. The van der Waals surface area contributed by atoms with Crippen LogP contribution >= 0.6 is 15.9 Å². The molecule has 0 spiro atoms. The van der Waals surface area contributed by atoms with Crippen molar-refractivity contribution in [1.29, 1.82) is 5.26 Å². The van der Waals surface area contributed by atoms with Crippen LogP contribution in [-0.4, -0.2) is 0 Å². The Morgan fingerprint density at radius 2 is 1.92 bits per heavy atom. The summed E-state index contributed by atoms with van der Waals surface area (Å²) in [7, 11) is 0. The summed E-state index contributed by atoms with van der Waals surface area (Å²) in [6.07, 6.45) is 0.480. The van der Waals surface area contributed by atoms with Crippen LogP contribution in [0.2, 0.25) is 0 Å². The highest BCUT2D eigenvalue weighted by atomic mass is 79.9. The number of nitrogens with zero attached hydrogens (tertiary/aromatic N) is 1. The summed E-state index contributed by atoms with van der Waals surface area (Å²) in [5.74, 6) is 0. The van der Waals surface area contributed by atoms with Gasteiger partial charge in [0.05, 0.1) is 12.5 Å². The zero-order valence-electron chi connectivity index (χ0n) is 7.19. The summed E-state index contributed by atoms with van der Waals surface area (Å²) in [5, 5.41) is 8.59. The van der Waals surface area contributed by atoms with Gasteiger partial charge in [-0.25, -0.2) is 0 Å². The van der Waals surface area contributed by atoms with Crippen LogP contribution in [0, 0.1) is 25.2 Å². The second-order valence-electron chi connectivity index (χ2n) is 2.83. The van der Waals surface area contributed by atoms with Gasteiger partial charge in [0.2, 0.25) is 0 Å². The minimum absolute atomic E-state index is 0.480. The second kappa shape index (κ2) is 3.73. The molecule has 0 saturated carbocycles. The fourth-order valence-corrected chi connectivity index (χ4v) is 1.72. The van der Waals surface area contributed by atoms with E-state index in [1.54, 1.807) is 0 Å². The van der Waals surface area contributed by atoms with E-state index in [2.05, 4.69) is 28.1 Å². The van der Waals surface area contributed by atoms with E-state index >= 15 is 0 Å². The minimum Gasteiger partial charge on any atom is -0.198 e. The van der Waals surface area contributed by atoms with E-state index in [1.165, 1.54) is 11.1 Å². The lowest BCUT2D eigenvalue weighted by atomic mass is 10.0. The van der Waals surface area contributed by atoms with Gasteiger partial charge in [-0.2, -0.15) is 5.26 Å². The number of halogens is 1. The van der Waals surface area contributed by atoms with Crippen molar-refractivity contribution >= 4 is 15.9 Å². The predicted molar refractivity (Wildman–Crippen MR) is 52.9 cm³/mol. The van der Waals surface area contributed by atoms with Gasteiger partial charge in [-0.15, -0.1) is 0 Å². The third-order valence-corrected chi connectivity index (χ3v) is 3.03. The first kappa shape index (κ1) is 9.28. The lowest BCUT2D eigenvalue weighted by Crippen LogP contribution is -1.91. The van der Waals surface area contributed by atoms with Crippen LogP contribution in [0.3, 0.4) is 0 Å². The molecule has 0 radical (unpaired) electrons. The van der Waals surface area contributed by atoms with Crippen LogP contribution in [0.1, 0.15) is 16.7 Å². The number of hydrogen-bond donors (Lipinski definition) is 0. The smallest absolute Gasteiger partial charge is 0.0670 e. The van der Waals surface area contributed by atoms with Crippen LogP contribution in [0.15, 0.2) is 16.6 Å². The molecule has 0 aliphatic carbocycles. The fraction of sp³-hybridized carbons (Fsp3) is 0.300. The lowest BCUT2D eigenvalue weighted by Gasteiger charge is -2.06. The molecule has 0 N–H and O–H groups in total. The van der Waals surface area contributed by atoms with Gasteiger partial charge in [0.25, 0.3) is 0 Å². The Bertz CT molecular complexity index is 336.